The lowest BCUT2D eigenvalue weighted by Gasteiger charge is -2.28. The zero-order valence-electron chi connectivity index (χ0n) is 35.0. The number of unbranched alkanes of at least 4 members (excludes halogenated alkanes) is 4. The van der Waals surface area contributed by atoms with Crippen molar-refractivity contribution in [2.75, 3.05) is 49.6 Å². The average Bonchev–Trinajstić information content (AvgIpc) is 3.24. The molecular formula is C44H63ClN10O6. The van der Waals surface area contributed by atoms with E-state index in [9.17, 15) is 24.9 Å². The Hall–Kier alpha value is -4.94. The number of hydrogen-bond acceptors (Lipinski definition) is 13. The Labute approximate surface area is 362 Å². The zero-order chi connectivity index (χ0) is 44.3. The van der Waals surface area contributed by atoms with E-state index in [4.69, 9.17) is 39.3 Å². The summed E-state index contributed by atoms with van der Waals surface area (Å²) < 4.78 is 0. The Kier molecular flexibility index (Phi) is 20.1. The first-order valence-electron chi connectivity index (χ1n) is 21.0. The van der Waals surface area contributed by atoms with E-state index in [1.807, 2.05) is 48.5 Å². The summed E-state index contributed by atoms with van der Waals surface area (Å²) in [5.41, 5.74) is 21.4. The second-order valence-corrected chi connectivity index (χ2v) is 15.8. The van der Waals surface area contributed by atoms with E-state index < -0.39 is 36.9 Å². The molecule has 2 amide bonds. The van der Waals surface area contributed by atoms with Gasteiger partial charge >= 0.3 is 0 Å². The SMILES string of the molecule is CCCCCCN(CCCc1ccc(NC(=O)[C@@H](N)Cc2ccc(CCCCNC(=N)NC(=O)c3nc(Cl)c(N)nc3N)c3ccccc23)cc1)C[C@H](O)[C@@H](O)C[C@H](O)CO. The van der Waals surface area contributed by atoms with Gasteiger partial charge in [-0.05, 0) is 97.6 Å². The van der Waals surface area contributed by atoms with E-state index in [1.54, 1.807) is 0 Å². The molecular weight excluding hydrogens is 800 g/mol. The second-order valence-electron chi connectivity index (χ2n) is 15.4. The van der Waals surface area contributed by atoms with Crippen LogP contribution < -0.4 is 33.2 Å². The third-order valence-corrected chi connectivity index (χ3v) is 10.8. The molecule has 0 saturated carbocycles. The molecule has 0 unspecified atom stereocenters. The maximum absolute atomic E-state index is 13.2. The molecule has 1 heterocycles. The maximum atomic E-state index is 13.2. The predicted molar refractivity (Wildman–Crippen MR) is 241 cm³/mol. The molecule has 0 bridgehead atoms. The summed E-state index contributed by atoms with van der Waals surface area (Å²) in [6.45, 7) is 3.95. The number of rotatable bonds is 25. The summed E-state index contributed by atoms with van der Waals surface area (Å²) in [6, 6.07) is 19.1. The van der Waals surface area contributed by atoms with Crippen molar-refractivity contribution in [3.05, 3.63) is 88.2 Å². The summed E-state index contributed by atoms with van der Waals surface area (Å²) in [7, 11) is 0. The first-order valence-corrected chi connectivity index (χ1v) is 21.4. The van der Waals surface area contributed by atoms with Crippen LogP contribution in [-0.4, -0.2) is 110 Å². The second kappa shape index (κ2) is 25.1. The molecule has 0 radical (unpaired) electrons. The molecule has 61 heavy (non-hydrogen) atoms. The van der Waals surface area contributed by atoms with Gasteiger partial charge in [-0.25, -0.2) is 9.97 Å². The number of aliphatic hydroxyl groups excluding tert-OH is 4. The van der Waals surface area contributed by atoms with Crippen LogP contribution in [0.15, 0.2) is 60.7 Å². The molecule has 0 saturated heterocycles. The summed E-state index contributed by atoms with van der Waals surface area (Å²) >= 11 is 5.86. The van der Waals surface area contributed by atoms with Gasteiger partial charge in [0.25, 0.3) is 5.91 Å². The first kappa shape index (κ1) is 48.7. The van der Waals surface area contributed by atoms with Crippen LogP contribution in [0.4, 0.5) is 17.3 Å². The standard InChI is InChI=1S/C44H63ClN10O6/c1-2-3-4-9-22-55(26-37(59)36(58)25-32(57)27-56)23-10-11-28-15-19-31(20-16-28)51-42(60)35(46)24-30-18-17-29(33-13-5-6-14-34(30)33)12-7-8-21-50-44(49)54-43(61)38-40(47)53-41(48)39(45)52-38/h5-6,13-20,32,35-37,56-59H,2-4,7-12,21-27,46H2,1H3,(H,51,60)(H4,47,48,53)(H3,49,50,54,61)/t32-,35-,36-,37-/m0/s1. The van der Waals surface area contributed by atoms with Crippen molar-refractivity contribution in [1.82, 2.24) is 25.5 Å². The van der Waals surface area contributed by atoms with Crippen molar-refractivity contribution in [1.29, 1.82) is 5.41 Å². The van der Waals surface area contributed by atoms with Crippen LogP contribution in [0.5, 0.6) is 0 Å². The van der Waals surface area contributed by atoms with Crippen LogP contribution in [-0.2, 0) is 24.1 Å². The third-order valence-electron chi connectivity index (χ3n) is 10.5. The van der Waals surface area contributed by atoms with E-state index >= 15 is 0 Å². The number of guanidine groups is 1. The van der Waals surface area contributed by atoms with Crippen LogP contribution in [0.3, 0.4) is 0 Å². The number of halogens is 1. The number of carbonyl (C=O) groups excluding carboxylic acids is 2. The smallest absolute Gasteiger partial charge is 0.280 e. The number of nitrogens with two attached hydrogens (primary N) is 3. The number of carbonyl (C=O) groups is 2. The number of nitrogen functional groups attached to an aromatic ring is 2. The largest absolute Gasteiger partial charge is 0.394 e. The summed E-state index contributed by atoms with van der Waals surface area (Å²) in [4.78, 5) is 35.5. The average molecular weight is 864 g/mol. The Morgan fingerprint density at radius 2 is 1.52 bits per heavy atom. The van der Waals surface area contributed by atoms with Crippen molar-refractivity contribution in [2.45, 2.75) is 102 Å². The fourth-order valence-corrected chi connectivity index (χ4v) is 7.21. The van der Waals surface area contributed by atoms with Gasteiger partial charge in [-0.15, -0.1) is 0 Å². The zero-order valence-corrected chi connectivity index (χ0v) is 35.7. The summed E-state index contributed by atoms with van der Waals surface area (Å²) in [5, 5.41) is 58.0. The molecule has 17 heteroatoms. The van der Waals surface area contributed by atoms with Gasteiger partial charge < -0.3 is 53.2 Å². The van der Waals surface area contributed by atoms with Crippen LogP contribution in [0.1, 0.15) is 85.5 Å². The number of aromatic nitrogens is 2. The molecule has 0 aliphatic carbocycles. The van der Waals surface area contributed by atoms with Gasteiger partial charge in [0.2, 0.25) is 5.91 Å². The summed E-state index contributed by atoms with van der Waals surface area (Å²) in [5.74, 6) is -1.50. The number of aliphatic hydroxyl groups is 4. The maximum Gasteiger partial charge on any atom is 0.280 e. The minimum Gasteiger partial charge on any atom is -0.394 e. The molecule has 0 aliphatic rings. The normalized spacial score (nSPS) is 13.4. The highest BCUT2D eigenvalue weighted by Gasteiger charge is 2.23. The topological polar surface area (TPSA) is 282 Å². The van der Waals surface area contributed by atoms with Gasteiger partial charge in [0.15, 0.2) is 28.4 Å². The number of aryl methyl sites for hydroxylation is 2. The number of anilines is 3. The fourth-order valence-electron chi connectivity index (χ4n) is 7.08. The first-order chi connectivity index (χ1) is 29.3. The molecule has 0 fully saturated rings. The van der Waals surface area contributed by atoms with Crippen LogP contribution in [0, 0.1) is 5.41 Å². The number of nitrogens with zero attached hydrogens (tertiary/aromatic N) is 3. The third kappa shape index (κ3) is 15.8. The van der Waals surface area contributed by atoms with Crippen molar-refractivity contribution in [3.8, 4) is 0 Å². The van der Waals surface area contributed by atoms with Gasteiger partial charge in [-0.1, -0.05) is 86.3 Å². The van der Waals surface area contributed by atoms with Gasteiger partial charge in [0.05, 0.1) is 31.0 Å². The molecule has 14 N–H and O–H groups in total. The predicted octanol–water partition coefficient (Wildman–Crippen LogP) is 3.51. The molecule has 0 aliphatic heterocycles. The van der Waals surface area contributed by atoms with Crippen LogP contribution in [0.25, 0.3) is 10.8 Å². The van der Waals surface area contributed by atoms with Crippen LogP contribution >= 0.6 is 11.6 Å². The number of hydrogen-bond donors (Lipinski definition) is 11. The van der Waals surface area contributed by atoms with Crippen molar-refractivity contribution in [2.24, 2.45) is 5.73 Å². The van der Waals surface area contributed by atoms with E-state index in [-0.39, 0.29) is 47.3 Å². The molecule has 16 nitrogen and oxygen atoms in total. The summed E-state index contributed by atoms with van der Waals surface area (Å²) in [6.07, 6.45) is 5.35. The molecule has 0 spiro atoms. The Balaban J connectivity index is 1.23. The van der Waals surface area contributed by atoms with Gasteiger partial charge in [-0.3, -0.25) is 20.3 Å². The molecule has 4 atom stereocenters. The van der Waals surface area contributed by atoms with Crippen LogP contribution in [0.2, 0.25) is 5.15 Å². The minimum absolute atomic E-state index is 0.0826. The fraction of sp³-hybridized carbons (Fsp3) is 0.477. The highest BCUT2D eigenvalue weighted by atomic mass is 35.5. The van der Waals surface area contributed by atoms with E-state index in [1.165, 1.54) is 0 Å². The van der Waals surface area contributed by atoms with Crippen molar-refractivity contribution >= 4 is 57.5 Å². The highest BCUT2D eigenvalue weighted by Crippen LogP contribution is 2.26. The number of amides is 2. The molecule has 4 rings (SSSR count). The number of fused-ring (bicyclic) bond motifs is 1. The van der Waals surface area contributed by atoms with Gasteiger partial charge in [0.1, 0.15) is 0 Å². The molecule has 3 aromatic carbocycles. The lowest BCUT2D eigenvalue weighted by Crippen LogP contribution is -2.41. The number of nitrogens with one attached hydrogen (secondary N) is 4. The molecule has 1 aromatic heterocycles. The minimum atomic E-state index is -1.12. The van der Waals surface area contributed by atoms with Gasteiger partial charge in [-0.2, -0.15) is 0 Å². The lowest BCUT2D eigenvalue weighted by molar-refractivity contribution is -0.117. The van der Waals surface area contributed by atoms with E-state index in [2.05, 4.69) is 49.9 Å². The number of benzene rings is 3. The van der Waals surface area contributed by atoms with Crippen molar-refractivity contribution < 1.29 is 30.0 Å². The molecule has 4 aromatic rings. The quantitative estimate of drug-likeness (QED) is 0.0259. The van der Waals surface area contributed by atoms with E-state index in [0.717, 1.165) is 98.3 Å². The lowest BCUT2D eigenvalue weighted by atomic mass is 9.93. The van der Waals surface area contributed by atoms with Gasteiger partial charge in [0, 0.05) is 25.2 Å². The Morgan fingerprint density at radius 3 is 2.23 bits per heavy atom. The Morgan fingerprint density at radius 1 is 0.836 bits per heavy atom. The monoisotopic (exact) mass is 862 g/mol. The Bertz CT molecular complexity index is 2020. The highest BCUT2D eigenvalue weighted by molar-refractivity contribution is 6.31. The van der Waals surface area contributed by atoms with E-state index in [0.29, 0.717) is 18.7 Å². The van der Waals surface area contributed by atoms with Crippen molar-refractivity contribution in [3.63, 3.8) is 0 Å². The molecule has 332 valence electrons.